The summed E-state index contributed by atoms with van der Waals surface area (Å²) < 4.78 is 3.85. The van der Waals surface area contributed by atoms with Gasteiger partial charge in [0.1, 0.15) is 5.01 Å². The fraction of sp³-hybridized carbons (Fsp3) is 0.438. The van der Waals surface area contributed by atoms with Gasteiger partial charge in [-0.05, 0) is 25.5 Å². The van der Waals surface area contributed by atoms with E-state index >= 15 is 0 Å². The number of hydrogen-bond donors (Lipinski definition) is 0. The van der Waals surface area contributed by atoms with Crippen molar-refractivity contribution in [3.8, 4) is 10.6 Å². The number of aromatic nitrogens is 5. The minimum Gasteiger partial charge on any atom is -0.293 e. The molecule has 4 heterocycles. The van der Waals surface area contributed by atoms with Crippen molar-refractivity contribution in [3.63, 3.8) is 0 Å². The van der Waals surface area contributed by atoms with E-state index in [1.165, 1.54) is 12.8 Å². The summed E-state index contributed by atoms with van der Waals surface area (Å²) in [4.78, 5) is 7.32. The molecular formula is C16H20N6S. The van der Waals surface area contributed by atoms with Crippen LogP contribution in [0.4, 0.5) is 0 Å². The average molecular weight is 328 g/mol. The SMILES string of the molecule is Cn1cc(-c2nc(CN3CCC[C@@H]3Cn3cccn3)cs2)cn1. The Morgan fingerprint density at radius 3 is 3.09 bits per heavy atom. The van der Waals surface area contributed by atoms with Crippen LogP contribution in [0.5, 0.6) is 0 Å². The Hall–Kier alpha value is -1.99. The number of aryl methyl sites for hydroxylation is 1. The molecule has 120 valence electrons. The predicted molar refractivity (Wildman–Crippen MR) is 90.0 cm³/mol. The first-order chi connectivity index (χ1) is 11.3. The fourth-order valence-corrected chi connectivity index (χ4v) is 3.97. The van der Waals surface area contributed by atoms with Gasteiger partial charge < -0.3 is 0 Å². The van der Waals surface area contributed by atoms with Crippen molar-refractivity contribution in [3.05, 3.63) is 41.9 Å². The smallest absolute Gasteiger partial charge is 0.126 e. The molecule has 1 aliphatic heterocycles. The molecule has 1 fully saturated rings. The average Bonchev–Trinajstić information content (AvgIpc) is 3.29. The van der Waals surface area contributed by atoms with Gasteiger partial charge >= 0.3 is 0 Å². The van der Waals surface area contributed by atoms with E-state index in [9.17, 15) is 0 Å². The van der Waals surface area contributed by atoms with Gasteiger partial charge in [0.15, 0.2) is 0 Å². The highest BCUT2D eigenvalue weighted by Crippen LogP contribution is 2.26. The zero-order valence-electron chi connectivity index (χ0n) is 13.2. The lowest BCUT2D eigenvalue weighted by Gasteiger charge is -2.23. The highest BCUT2D eigenvalue weighted by molar-refractivity contribution is 7.13. The lowest BCUT2D eigenvalue weighted by Crippen LogP contribution is -2.32. The van der Waals surface area contributed by atoms with E-state index < -0.39 is 0 Å². The third kappa shape index (κ3) is 3.20. The first-order valence-corrected chi connectivity index (χ1v) is 8.81. The van der Waals surface area contributed by atoms with Gasteiger partial charge in [0.05, 0.1) is 18.4 Å². The third-order valence-corrected chi connectivity index (χ3v) is 5.26. The molecule has 0 amide bonds. The fourth-order valence-electron chi connectivity index (χ4n) is 3.19. The highest BCUT2D eigenvalue weighted by Gasteiger charge is 2.25. The van der Waals surface area contributed by atoms with Crippen LogP contribution in [0.3, 0.4) is 0 Å². The minimum absolute atomic E-state index is 0.554. The molecule has 3 aromatic heterocycles. The van der Waals surface area contributed by atoms with E-state index in [1.54, 1.807) is 11.3 Å². The summed E-state index contributed by atoms with van der Waals surface area (Å²) in [5.74, 6) is 0. The van der Waals surface area contributed by atoms with Crippen LogP contribution in [-0.4, -0.2) is 42.0 Å². The van der Waals surface area contributed by atoms with E-state index in [4.69, 9.17) is 4.98 Å². The monoisotopic (exact) mass is 328 g/mol. The number of nitrogens with zero attached hydrogens (tertiary/aromatic N) is 6. The lowest BCUT2D eigenvalue weighted by atomic mass is 10.2. The second-order valence-corrected chi connectivity index (χ2v) is 6.90. The molecular weight excluding hydrogens is 308 g/mol. The van der Waals surface area contributed by atoms with E-state index in [-0.39, 0.29) is 0 Å². The summed E-state index contributed by atoms with van der Waals surface area (Å²) in [5, 5.41) is 11.8. The first-order valence-electron chi connectivity index (χ1n) is 7.93. The van der Waals surface area contributed by atoms with Crippen molar-refractivity contribution < 1.29 is 0 Å². The molecule has 0 aliphatic carbocycles. The Labute approximate surface area is 139 Å². The molecule has 0 radical (unpaired) electrons. The summed E-state index contributed by atoms with van der Waals surface area (Å²) in [6.07, 6.45) is 10.3. The lowest BCUT2D eigenvalue weighted by molar-refractivity contribution is 0.217. The molecule has 1 atom stereocenters. The normalized spacial score (nSPS) is 18.7. The summed E-state index contributed by atoms with van der Waals surface area (Å²) >= 11 is 1.70. The van der Waals surface area contributed by atoms with Crippen LogP contribution < -0.4 is 0 Å². The molecule has 6 nitrogen and oxygen atoms in total. The van der Waals surface area contributed by atoms with Crippen LogP contribution in [0.1, 0.15) is 18.5 Å². The predicted octanol–water partition coefficient (Wildman–Crippen LogP) is 2.40. The number of rotatable bonds is 5. The molecule has 0 spiro atoms. The zero-order valence-corrected chi connectivity index (χ0v) is 14.0. The molecule has 3 aromatic rings. The molecule has 1 aliphatic rings. The maximum atomic E-state index is 4.79. The van der Waals surface area contributed by atoms with Gasteiger partial charge in [-0.25, -0.2) is 4.98 Å². The second kappa shape index (κ2) is 6.25. The van der Waals surface area contributed by atoms with E-state index in [0.717, 1.165) is 35.9 Å². The van der Waals surface area contributed by atoms with Crippen LogP contribution in [0, 0.1) is 0 Å². The topological polar surface area (TPSA) is 51.8 Å². The Balaban J connectivity index is 1.44. The van der Waals surface area contributed by atoms with E-state index in [2.05, 4.69) is 20.5 Å². The van der Waals surface area contributed by atoms with Crippen LogP contribution in [-0.2, 0) is 20.1 Å². The summed E-state index contributed by atoms with van der Waals surface area (Å²) in [6.45, 7) is 3.03. The van der Waals surface area contributed by atoms with Crippen molar-refractivity contribution in [1.29, 1.82) is 0 Å². The Morgan fingerprint density at radius 2 is 2.30 bits per heavy atom. The van der Waals surface area contributed by atoms with E-state index in [0.29, 0.717) is 6.04 Å². The van der Waals surface area contributed by atoms with Gasteiger partial charge in [0.2, 0.25) is 0 Å². The highest BCUT2D eigenvalue weighted by atomic mass is 32.1. The number of likely N-dealkylation sites (tertiary alicyclic amines) is 1. The van der Waals surface area contributed by atoms with Crippen molar-refractivity contribution >= 4 is 11.3 Å². The Bertz CT molecular complexity index is 759. The number of thiazole rings is 1. The third-order valence-electron chi connectivity index (χ3n) is 4.32. The zero-order chi connectivity index (χ0) is 15.6. The molecule has 1 saturated heterocycles. The number of hydrogen-bond acceptors (Lipinski definition) is 5. The van der Waals surface area contributed by atoms with Gasteiger partial charge in [-0.1, -0.05) is 0 Å². The first kappa shape index (κ1) is 14.6. The molecule has 23 heavy (non-hydrogen) atoms. The van der Waals surface area contributed by atoms with Crippen LogP contribution in [0.2, 0.25) is 0 Å². The van der Waals surface area contributed by atoms with Crippen LogP contribution >= 0.6 is 11.3 Å². The van der Waals surface area contributed by atoms with Crippen molar-refractivity contribution in [2.45, 2.75) is 32.0 Å². The molecule has 0 saturated carbocycles. The maximum Gasteiger partial charge on any atom is 0.126 e. The molecule has 4 rings (SSSR count). The van der Waals surface area contributed by atoms with Gasteiger partial charge in [-0.2, -0.15) is 10.2 Å². The van der Waals surface area contributed by atoms with E-state index in [1.807, 2.05) is 47.3 Å². The van der Waals surface area contributed by atoms with Gasteiger partial charge in [-0.3, -0.25) is 14.3 Å². The van der Waals surface area contributed by atoms with Crippen molar-refractivity contribution in [1.82, 2.24) is 29.4 Å². The second-order valence-electron chi connectivity index (χ2n) is 6.04. The summed E-state index contributed by atoms with van der Waals surface area (Å²) in [5.41, 5.74) is 2.25. The molecule has 0 bridgehead atoms. The van der Waals surface area contributed by atoms with Gasteiger partial charge in [0.25, 0.3) is 0 Å². The standard InChI is InChI=1S/C16H20N6S/c1-20-9-13(8-18-20)16-19-14(12-23-16)10-21-6-2-4-15(21)11-22-7-3-5-17-22/h3,5,7-9,12,15H,2,4,6,10-11H2,1H3/t15-/m1/s1. The molecule has 0 aromatic carbocycles. The van der Waals surface area contributed by atoms with Crippen molar-refractivity contribution in [2.75, 3.05) is 6.54 Å². The molecule has 7 heteroatoms. The quantitative estimate of drug-likeness (QED) is 0.722. The largest absolute Gasteiger partial charge is 0.293 e. The van der Waals surface area contributed by atoms with Crippen LogP contribution in [0.15, 0.2) is 36.2 Å². The minimum atomic E-state index is 0.554. The maximum absolute atomic E-state index is 4.79. The van der Waals surface area contributed by atoms with Gasteiger partial charge in [-0.15, -0.1) is 11.3 Å². The molecule has 0 unspecified atom stereocenters. The van der Waals surface area contributed by atoms with Crippen LogP contribution in [0.25, 0.3) is 10.6 Å². The molecule has 0 N–H and O–H groups in total. The summed E-state index contributed by atoms with van der Waals surface area (Å²) in [6, 6.07) is 2.54. The van der Waals surface area contributed by atoms with Crippen molar-refractivity contribution in [2.24, 2.45) is 7.05 Å². The Kier molecular flexibility index (Phi) is 3.97. The summed E-state index contributed by atoms with van der Waals surface area (Å²) in [7, 11) is 1.93. The van der Waals surface area contributed by atoms with Gasteiger partial charge in [0, 0.05) is 49.2 Å². The Morgan fingerprint density at radius 1 is 1.35 bits per heavy atom.